The minimum absolute atomic E-state index is 0.0540. The molecule has 7 heteroatoms. The predicted molar refractivity (Wildman–Crippen MR) is 79.9 cm³/mol. The van der Waals surface area contributed by atoms with E-state index in [0.29, 0.717) is 12.0 Å². The molecule has 7 nitrogen and oxygen atoms in total. The van der Waals surface area contributed by atoms with E-state index in [0.717, 1.165) is 37.7 Å². The summed E-state index contributed by atoms with van der Waals surface area (Å²) in [5.41, 5.74) is 1.26. The van der Waals surface area contributed by atoms with Gasteiger partial charge >= 0.3 is 0 Å². The monoisotopic (exact) mass is 302 g/mol. The number of likely N-dealkylation sites (tertiary alicyclic amines) is 1. The van der Waals surface area contributed by atoms with Crippen LogP contribution in [0, 0.1) is 12.8 Å². The summed E-state index contributed by atoms with van der Waals surface area (Å²) in [4.78, 5) is 6.89. The Bertz CT molecular complexity index is 650. The number of rotatable bonds is 3. The molecule has 0 spiro atoms. The topological polar surface area (TPSA) is 71.9 Å². The standard InChI is InChI=1S/C15H22N6O/c1-10-17-15(19-18-10)13-5-12-3-4-21(9-14(12)22-13)8-11-6-16-20(2)7-11/h6-7,12-14H,3-5,8-9H2,1-2H3,(H,17,18,19)/t12-,13+,14+/m0/s1. The first-order chi connectivity index (χ1) is 10.7. The van der Waals surface area contributed by atoms with Crippen molar-refractivity contribution in [1.29, 1.82) is 0 Å². The van der Waals surface area contributed by atoms with Gasteiger partial charge in [-0.25, -0.2) is 4.98 Å². The zero-order valence-electron chi connectivity index (χ0n) is 13.1. The average molecular weight is 302 g/mol. The fourth-order valence-corrected chi connectivity index (χ4v) is 3.62. The molecule has 1 N–H and O–H groups in total. The summed E-state index contributed by atoms with van der Waals surface area (Å²) in [6.45, 7) is 4.98. The first-order valence-electron chi connectivity index (χ1n) is 7.91. The number of piperidine rings is 1. The fraction of sp³-hybridized carbons (Fsp3) is 0.667. The number of H-pyrrole nitrogens is 1. The number of aromatic nitrogens is 5. The van der Waals surface area contributed by atoms with E-state index >= 15 is 0 Å². The molecule has 2 aliphatic rings. The quantitative estimate of drug-likeness (QED) is 0.922. The van der Waals surface area contributed by atoms with Crippen LogP contribution >= 0.6 is 0 Å². The van der Waals surface area contributed by atoms with Gasteiger partial charge in [-0.3, -0.25) is 14.7 Å². The van der Waals surface area contributed by atoms with Crippen molar-refractivity contribution in [3.05, 3.63) is 29.6 Å². The van der Waals surface area contributed by atoms with Crippen molar-refractivity contribution >= 4 is 0 Å². The summed E-state index contributed by atoms with van der Waals surface area (Å²) in [5, 5.41) is 11.4. The Morgan fingerprint density at radius 2 is 2.36 bits per heavy atom. The molecule has 4 rings (SSSR count). The van der Waals surface area contributed by atoms with Crippen LogP contribution < -0.4 is 0 Å². The van der Waals surface area contributed by atoms with E-state index in [9.17, 15) is 0 Å². The molecule has 4 heterocycles. The molecule has 0 unspecified atom stereocenters. The van der Waals surface area contributed by atoms with E-state index in [2.05, 4.69) is 31.4 Å². The largest absolute Gasteiger partial charge is 0.365 e. The number of nitrogens with zero attached hydrogens (tertiary/aromatic N) is 5. The van der Waals surface area contributed by atoms with E-state index in [4.69, 9.17) is 4.74 Å². The molecule has 0 amide bonds. The molecule has 3 atom stereocenters. The lowest BCUT2D eigenvalue weighted by Crippen LogP contribution is -2.41. The molecule has 22 heavy (non-hydrogen) atoms. The van der Waals surface area contributed by atoms with Crippen LogP contribution in [0.15, 0.2) is 12.4 Å². The number of fused-ring (bicyclic) bond motifs is 1. The summed E-state index contributed by atoms with van der Waals surface area (Å²) in [6, 6.07) is 0. The van der Waals surface area contributed by atoms with Crippen LogP contribution in [0.3, 0.4) is 0 Å². The first-order valence-corrected chi connectivity index (χ1v) is 7.91. The van der Waals surface area contributed by atoms with Crippen molar-refractivity contribution in [2.75, 3.05) is 13.1 Å². The highest BCUT2D eigenvalue weighted by Gasteiger charge is 2.40. The van der Waals surface area contributed by atoms with Crippen LogP contribution in [0.2, 0.25) is 0 Å². The van der Waals surface area contributed by atoms with Crippen molar-refractivity contribution in [3.63, 3.8) is 0 Å². The second-order valence-corrected chi connectivity index (χ2v) is 6.48. The number of aromatic amines is 1. The SMILES string of the molecule is Cc1nc([C@H]2C[C@@H]3CCN(Cc4cnn(C)c4)C[C@H]3O2)n[nH]1. The van der Waals surface area contributed by atoms with Gasteiger partial charge in [0.2, 0.25) is 0 Å². The molecule has 2 aromatic rings. The smallest absolute Gasteiger partial charge is 0.179 e. The van der Waals surface area contributed by atoms with E-state index < -0.39 is 0 Å². The van der Waals surface area contributed by atoms with E-state index in [1.165, 1.54) is 12.0 Å². The van der Waals surface area contributed by atoms with Gasteiger partial charge in [-0.1, -0.05) is 0 Å². The molecule has 2 fully saturated rings. The lowest BCUT2D eigenvalue weighted by molar-refractivity contribution is -0.0119. The minimum Gasteiger partial charge on any atom is -0.365 e. The summed E-state index contributed by atoms with van der Waals surface area (Å²) in [6.07, 6.45) is 6.61. The molecule has 0 bridgehead atoms. The van der Waals surface area contributed by atoms with Gasteiger partial charge in [0.1, 0.15) is 11.9 Å². The summed E-state index contributed by atoms with van der Waals surface area (Å²) in [7, 11) is 1.96. The van der Waals surface area contributed by atoms with Gasteiger partial charge in [0.25, 0.3) is 0 Å². The molecular weight excluding hydrogens is 280 g/mol. The molecule has 2 aliphatic heterocycles. The van der Waals surface area contributed by atoms with Gasteiger partial charge < -0.3 is 4.74 Å². The van der Waals surface area contributed by atoms with Crippen LogP contribution in [0.5, 0.6) is 0 Å². The van der Waals surface area contributed by atoms with Gasteiger partial charge in [0.05, 0.1) is 12.3 Å². The van der Waals surface area contributed by atoms with Crippen molar-refractivity contribution < 1.29 is 4.74 Å². The maximum atomic E-state index is 6.23. The second kappa shape index (κ2) is 5.48. The first kappa shape index (κ1) is 13.9. The maximum absolute atomic E-state index is 6.23. The van der Waals surface area contributed by atoms with Crippen LogP contribution in [0.25, 0.3) is 0 Å². The third kappa shape index (κ3) is 2.66. The van der Waals surface area contributed by atoms with Crippen LogP contribution in [-0.2, 0) is 18.3 Å². The molecule has 0 aliphatic carbocycles. The second-order valence-electron chi connectivity index (χ2n) is 6.48. The number of hydrogen-bond acceptors (Lipinski definition) is 5. The molecule has 0 saturated carbocycles. The third-order valence-electron chi connectivity index (χ3n) is 4.70. The number of hydrogen-bond donors (Lipinski definition) is 1. The molecular formula is C15H22N6O. The molecule has 2 aromatic heterocycles. The third-order valence-corrected chi connectivity index (χ3v) is 4.70. The zero-order chi connectivity index (χ0) is 15.1. The van der Waals surface area contributed by atoms with E-state index in [-0.39, 0.29) is 6.10 Å². The van der Waals surface area contributed by atoms with Crippen LogP contribution in [0.1, 0.15) is 36.2 Å². The lowest BCUT2D eigenvalue weighted by Gasteiger charge is -2.33. The van der Waals surface area contributed by atoms with Crippen LogP contribution in [-0.4, -0.2) is 49.1 Å². The predicted octanol–water partition coefficient (Wildman–Crippen LogP) is 1.20. The molecule has 2 saturated heterocycles. The highest BCUT2D eigenvalue weighted by Crippen LogP contribution is 2.40. The Morgan fingerprint density at radius 1 is 1.45 bits per heavy atom. The van der Waals surface area contributed by atoms with Gasteiger partial charge in [-0.2, -0.15) is 10.2 Å². The Morgan fingerprint density at radius 3 is 3.09 bits per heavy atom. The van der Waals surface area contributed by atoms with E-state index in [1.54, 1.807) is 0 Å². The van der Waals surface area contributed by atoms with Crippen molar-refractivity contribution in [2.24, 2.45) is 13.0 Å². The minimum atomic E-state index is 0.0540. The zero-order valence-corrected chi connectivity index (χ0v) is 13.1. The van der Waals surface area contributed by atoms with Crippen molar-refractivity contribution in [2.45, 2.75) is 38.5 Å². The highest BCUT2D eigenvalue weighted by atomic mass is 16.5. The summed E-state index contributed by atoms with van der Waals surface area (Å²) in [5.74, 6) is 2.30. The van der Waals surface area contributed by atoms with Crippen molar-refractivity contribution in [1.82, 2.24) is 29.9 Å². The number of aryl methyl sites for hydroxylation is 2. The Balaban J connectivity index is 1.39. The normalized spacial score (nSPS) is 28.9. The Labute approximate surface area is 129 Å². The average Bonchev–Trinajstić information content (AvgIpc) is 3.18. The Kier molecular flexibility index (Phi) is 3.46. The lowest BCUT2D eigenvalue weighted by atomic mass is 9.91. The Hall–Kier alpha value is -1.73. The summed E-state index contributed by atoms with van der Waals surface area (Å²) >= 11 is 0. The fourth-order valence-electron chi connectivity index (χ4n) is 3.62. The van der Waals surface area contributed by atoms with Gasteiger partial charge in [-0.05, 0) is 32.2 Å². The maximum Gasteiger partial charge on any atom is 0.179 e. The van der Waals surface area contributed by atoms with E-state index in [1.807, 2.05) is 24.9 Å². The molecule has 0 aromatic carbocycles. The molecule has 118 valence electrons. The number of ether oxygens (including phenoxy) is 1. The van der Waals surface area contributed by atoms with Crippen molar-refractivity contribution in [3.8, 4) is 0 Å². The van der Waals surface area contributed by atoms with Gasteiger partial charge in [-0.15, -0.1) is 0 Å². The summed E-state index contributed by atoms with van der Waals surface area (Å²) < 4.78 is 8.09. The van der Waals surface area contributed by atoms with Crippen LogP contribution in [0.4, 0.5) is 0 Å². The number of nitrogens with one attached hydrogen (secondary N) is 1. The van der Waals surface area contributed by atoms with Gasteiger partial charge in [0.15, 0.2) is 5.82 Å². The highest BCUT2D eigenvalue weighted by molar-refractivity contribution is 5.05. The molecule has 0 radical (unpaired) electrons. The van der Waals surface area contributed by atoms with Gasteiger partial charge in [0, 0.05) is 31.9 Å².